The van der Waals surface area contributed by atoms with E-state index in [0.717, 1.165) is 0 Å². The number of thioether (sulfide) groups is 1. The monoisotopic (exact) mass is 520 g/mol. The molecule has 1 fully saturated rings. The lowest BCUT2D eigenvalue weighted by molar-refractivity contribution is -0.154. The molecule has 12 nitrogen and oxygen atoms in total. The summed E-state index contributed by atoms with van der Waals surface area (Å²) in [7, 11) is 1.60. The van der Waals surface area contributed by atoms with E-state index in [1.165, 1.54) is 29.7 Å². The van der Waals surface area contributed by atoms with Gasteiger partial charge in [0.15, 0.2) is 6.29 Å². The number of aromatic hydroxyl groups is 1. The van der Waals surface area contributed by atoms with Crippen LogP contribution in [0.5, 0.6) is 11.5 Å². The molecule has 0 spiro atoms. The number of rotatable bonds is 16. The van der Waals surface area contributed by atoms with Gasteiger partial charge in [0.2, 0.25) is 0 Å². The second-order valence-corrected chi connectivity index (χ2v) is 9.49. The lowest BCUT2D eigenvalue weighted by Gasteiger charge is -2.41. The number of phenolic OH excluding ortho intramolecular Hbond substituents is 1. The number of carbonyl (C=O) groups is 1. The second kappa shape index (κ2) is 13.6. The van der Waals surface area contributed by atoms with E-state index in [-0.39, 0.29) is 24.7 Å². The van der Waals surface area contributed by atoms with Gasteiger partial charge in [-0.3, -0.25) is 9.69 Å². The summed E-state index contributed by atoms with van der Waals surface area (Å²) in [5.41, 5.74) is 3.07. The molecule has 35 heavy (non-hydrogen) atoms. The molecule has 2 unspecified atom stereocenters. The Hall–Kier alpha value is -1.68. The number of carboxylic acids is 1. The van der Waals surface area contributed by atoms with Crippen LogP contribution in [0.4, 0.5) is 0 Å². The third-order valence-corrected chi connectivity index (χ3v) is 7.29. The van der Waals surface area contributed by atoms with Crippen molar-refractivity contribution in [1.82, 2.24) is 4.90 Å². The van der Waals surface area contributed by atoms with Gasteiger partial charge in [-0.25, -0.2) is 0 Å². The van der Waals surface area contributed by atoms with Crippen LogP contribution in [0.3, 0.4) is 0 Å². The zero-order valence-corrected chi connectivity index (χ0v) is 20.8. The topological polar surface area (TPSA) is 184 Å². The number of aliphatic carboxylic acids is 1. The van der Waals surface area contributed by atoms with Crippen molar-refractivity contribution in [3.8, 4) is 11.5 Å². The zero-order valence-electron chi connectivity index (χ0n) is 20.0. The van der Waals surface area contributed by atoms with Gasteiger partial charge in [0.1, 0.15) is 29.2 Å². The Morgan fingerprint density at radius 3 is 2.40 bits per heavy atom. The maximum Gasteiger partial charge on any atom is 0.324 e. The molecule has 1 saturated heterocycles. The second-order valence-electron chi connectivity index (χ2n) is 8.42. The Balaban J connectivity index is 2.03. The molecule has 1 aromatic rings. The summed E-state index contributed by atoms with van der Waals surface area (Å²) in [5.74, 6) is -0.705. The predicted octanol–water partition coefficient (Wildman–Crippen LogP) is -0.658. The molecule has 1 aliphatic rings. The number of aliphatic hydroxyl groups excluding tert-OH is 2. The van der Waals surface area contributed by atoms with E-state index in [2.05, 4.69) is 0 Å². The molecule has 200 valence electrons. The fourth-order valence-corrected chi connectivity index (χ4v) is 5.05. The number of carboxylic acid groups (broad SMARTS) is 1. The third kappa shape index (κ3) is 7.65. The molecule has 1 aromatic carbocycles. The van der Waals surface area contributed by atoms with Crippen molar-refractivity contribution >= 4 is 17.7 Å². The number of nitrogens with zero attached hydrogens (tertiary/aromatic N) is 1. The van der Waals surface area contributed by atoms with Gasteiger partial charge in [-0.15, -0.1) is 11.8 Å². The number of phenols is 1. The normalized spacial score (nSPS) is 22.4. The third-order valence-electron chi connectivity index (χ3n) is 5.74. The summed E-state index contributed by atoms with van der Waals surface area (Å²) in [6.07, 6.45) is -2.08. The SMILES string of the molecule is COCCOCCOCCOc1ccc(C2SC[C@](C)(C(=O)O)N2CC(N)(CO)C(O)O)c(O)c1. The first kappa shape index (κ1) is 29.5. The molecule has 0 bridgehead atoms. The average Bonchev–Trinajstić information content (AvgIpc) is 3.14. The molecular formula is C22H36N2O10S. The lowest BCUT2D eigenvalue weighted by Crippen LogP contribution is -2.64. The first-order valence-electron chi connectivity index (χ1n) is 11.1. The number of nitrogens with two attached hydrogens (primary N) is 1. The summed E-state index contributed by atoms with van der Waals surface area (Å²) < 4.78 is 21.2. The predicted molar refractivity (Wildman–Crippen MR) is 127 cm³/mol. The van der Waals surface area contributed by atoms with Crippen molar-refractivity contribution in [2.75, 3.05) is 65.7 Å². The fraction of sp³-hybridized carbons (Fsp3) is 0.682. The number of benzene rings is 1. The van der Waals surface area contributed by atoms with Gasteiger partial charge in [0, 0.05) is 31.0 Å². The Morgan fingerprint density at radius 1 is 1.23 bits per heavy atom. The van der Waals surface area contributed by atoms with Crippen molar-refractivity contribution in [2.24, 2.45) is 5.73 Å². The van der Waals surface area contributed by atoms with Crippen molar-refractivity contribution in [3.63, 3.8) is 0 Å². The van der Waals surface area contributed by atoms with E-state index < -0.39 is 35.3 Å². The molecule has 13 heteroatoms. The minimum absolute atomic E-state index is 0.122. The molecule has 0 amide bonds. The Bertz CT molecular complexity index is 816. The molecule has 1 aliphatic heterocycles. The summed E-state index contributed by atoms with van der Waals surface area (Å²) in [5, 5.41) is 48.9. The highest BCUT2D eigenvalue weighted by Crippen LogP contribution is 2.49. The van der Waals surface area contributed by atoms with Crippen LogP contribution < -0.4 is 10.5 Å². The Morgan fingerprint density at radius 2 is 1.86 bits per heavy atom. The van der Waals surface area contributed by atoms with Crippen LogP contribution in [0.1, 0.15) is 17.9 Å². The quantitative estimate of drug-likeness (QED) is 0.119. The van der Waals surface area contributed by atoms with Crippen molar-refractivity contribution in [1.29, 1.82) is 0 Å². The van der Waals surface area contributed by atoms with Crippen LogP contribution in [0.15, 0.2) is 18.2 Å². The minimum atomic E-state index is -2.08. The summed E-state index contributed by atoms with van der Waals surface area (Å²) in [4.78, 5) is 13.5. The van der Waals surface area contributed by atoms with Gasteiger partial charge in [-0.05, 0) is 19.1 Å². The van der Waals surface area contributed by atoms with E-state index in [0.29, 0.717) is 44.3 Å². The van der Waals surface area contributed by atoms with Crippen LogP contribution in [0.2, 0.25) is 0 Å². The molecule has 2 rings (SSSR count). The summed E-state index contributed by atoms with van der Waals surface area (Å²) >= 11 is 1.26. The van der Waals surface area contributed by atoms with Gasteiger partial charge < -0.3 is 50.2 Å². The number of aliphatic hydroxyl groups is 3. The molecule has 0 saturated carbocycles. The van der Waals surface area contributed by atoms with Crippen molar-refractivity contribution in [2.45, 2.75) is 29.7 Å². The highest BCUT2D eigenvalue weighted by Gasteiger charge is 2.53. The minimum Gasteiger partial charge on any atom is -0.507 e. The summed E-state index contributed by atoms with van der Waals surface area (Å²) in [6.45, 7) is 2.80. The van der Waals surface area contributed by atoms with Gasteiger partial charge >= 0.3 is 5.97 Å². The van der Waals surface area contributed by atoms with E-state index in [1.807, 2.05) is 0 Å². The number of methoxy groups -OCH3 is 1. The van der Waals surface area contributed by atoms with Crippen LogP contribution in [0.25, 0.3) is 0 Å². The molecule has 0 aromatic heterocycles. The zero-order chi connectivity index (χ0) is 26.1. The maximum absolute atomic E-state index is 12.1. The van der Waals surface area contributed by atoms with E-state index in [4.69, 9.17) is 24.7 Å². The first-order valence-corrected chi connectivity index (χ1v) is 12.1. The standard InChI is InChI=1S/C22H36N2O10S/c1-21(19(27)28)14-35-18(24(21)12-22(23,13-25)20(29)30)16-4-3-15(11-17(16)26)34-10-9-33-8-7-32-6-5-31-2/h3-4,11,18,20,25-26,29-30H,5-10,12-14,23H2,1-2H3,(H,27,28)/t18?,21-,22?/m1/s1. The van der Waals surface area contributed by atoms with E-state index >= 15 is 0 Å². The summed E-state index contributed by atoms with van der Waals surface area (Å²) in [6, 6.07) is 4.67. The van der Waals surface area contributed by atoms with Crippen LogP contribution >= 0.6 is 11.8 Å². The van der Waals surface area contributed by atoms with E-state index in [9.17, 15) is 30.3 Å². The lowest BCUT2D eigenvalue weighted by atomic mass is 9.94. The van der Waals surface area contributed by atoms with Crippen LogP contribution in [-0.4, -0.2) is 119 Å². The smallest absolute Gasteiger partial charge is 0.324 e. The number of ether oxygens (including phenoxy) is 4. The molecule has 0 aliphatic carbocycles. The molecule has 3 atom stereocenters. The molecular weight excluding hydrogens is 484 g/mol. The highest BCUT2D eigenvalue weighted by molar-refractivity contribution is 7.99. The number of hydrogen-bond acceptors (Lipinski definition) is 12. The molecule has 0 radical (unpaired) electrons. The van der Waals surface area contributed by atoms with Crippen LogP contribution in [0, 0.1) is 0 Å². The van der Waals surface area contributed by atoms with E-state index in [1.54, 1.807) is 19.2 Å². The van der Waals surface area contributed by atoms with Crippen molar-refractivity contribution < 1.29 is 49.3 Å². The van der Waals surface area contributed by atoms with Gasteiger partial charge in [-0.2, -0.15) is 0 Å². The largest absolute Gasteiger partial charge is 0.507 e. The maximum atomic E-state index is 12.1. The van der Waals surface area contributed by atoms with Gasteiger partial charge in [0.25, 0.3) is 0 Å². The average molecular weight is 521 g/mol. The Kier molecular flexibility index (Phi) is 11.5. The highest BCUT2D eigenvalue weighted by atomic mass is 32.2. The molecule has 7 N–H and O–H groups in total. The van der Waals surface area contributed by atoms with Gasteiger partial charge in [0.05, 0.1) is 45.0 Å². The number of hydrogen-bond donors (Lipinski definition) is 6. The fourth-order valence-electron chi connectivity index (χ4n) is 3.41. The van der Waals surface area contributed by atoms with Gasteiger partial charge in [-0.1, -0.05) is 0 Å². The van der Waals surface area contributed by atoms with Crippen molar-refractivity contribution in [3.05, 3.63) is 23.8 Å². The van der Waals surface area contributed by atoms with Crippen LogP contribution in [-0.2, 0) is 19.0 Å². The molecule has 1 heterocycles. The first-order chi connectivity index (χ1) is 16.6. The Labute approximate surface area is 208 Å².